The Morgan fingerprint density at radius 3 is 2.88 bits per heavy atom. The van der Waals surface area contributed by atoms with Crippen molar-refractivity contribution < 1.29 is 9.18 Å². The fourth-order valence-electron chi connectivity index (χ4n) is 3.73. The molecule has 0 fully saturated rings. The molecular formula is C21H21FN2O. The molecule has 1 unspecified atom stereocenters. The average Bonchev–Trinajstić information content (AvgIpc) is 2.99. The fraction of sp³-hybridized carbons (Fsp3) is 0.286. The van der Waals surface area contributed by atoms with Gasteiger partial charge in [-0.2, -0.15) is 0 Å². The van der Waals surface area contributed by atoms with Crippen molar-refractivity contribution in [2.45, 2.75) is 25.7 Å². The number of nitrogens with one attached hydrogen (secondary N) is 2. The summed E-state index contributed by atoms with van der Waals surface area (Å²) in [6.45, 7) is 0.648. The first-order valence-electron chi connectivity index (χ1n) is 8.81. The molecule has 0 aliphatic heterocycles. The van der Waals surface area contributed by atoms with Crippen molar-refractivity contribution in [3.63, 3.8) is 0 Å². The van der Waals surface area contributed by atoms with E-state index in [9.17, 15) is 9.18 Å². The van der Waals surface area contributed by atoms with Gasteiger partial charge in [-0.25, -0.2) is 4.39 Å². The Hall–Kier alpha value is -2.62. The molecule has 0 bridgehead atoms. The normalized spacial score (nSPS) is 16.6. The fourth-order valence-corrected chi connectivity index (χ4v) is 3.73. The van der Waals surface area contributed by atoms with E-state index in [1.54, 1.807) is 12.1 Å². The van der Waals surface area contributed by atoms with E-state index in [1.165, 1.54) is 11.6 Å². The Bertz CT molecular complexity index is 901. The first-order chi connectivity index (χ1) is 12.2. The van der Waals surface area contributed by atoms with Crippen molar-refractivity contribution >= 4 is 16.8 Å². The Labute approximate surface area is 146 Å². The highest BCUT2D eigenvalue weighted by atomic mass is 19.1. The number of carbonyl (C=O) groups excluding carboxylic acids is 1. The zero-order chi connectivity index (χ0) is 17.2. The summed E-state index contributed by atoms with van der Waals surface area (Å²) in [6.07, 6.45) is 3.18. The first-order valence-corrected chi connectivity index (χ1v) is 8.81. The van der Waals surface area contributed by atoms with E-state index in [-0.39, 0.29) is 17.6 Å². The van der Waals surface area contributed by atoms with E-state index in [0.717, 1.165) is 41.4 Å². The molecule has 3 aromatic rings. The number of hydrogen-bond donors (Lipinski definition) is 2. The number of aromatic amines is 1. The van der Waals surface area contributed by atoms with E-state index in [1.807, 2.05) is 18.2 Å². The van der Waals surface area contributed by atoms with Gasteiger partial charge in [0.1, 0.15) is 5.82 Å². The topological polar surface area (TPSA) is 44.9 Å². The van der Waals surface area contributed by atoms with Gasteiger partial charge in [0.05, 0.1) is 0 Å². The zero-order valence-corrected chi connectivity index (χ0v) is 14.0. The third kappa shape index (κ3) is 3.29. The van der Waals surface area contributed by atoms with Crippen LogP contribution in [0.4, 0.5) is 4.39 Å². The summed E-state index contributed by atoms with van der Waals surface area (Å²) in [4.78, 5) is 15.9. The molecule has 1 aliphatic carbocycles. The quantitative estimate of drug-likeness (QED) is 0.748. The highest BCUT2D eigenvalue weighted by molar-refractivity contribution is 5.87. The lowest BCUT2D eigenvalue weighted by molar-refractivity contribution is -0.125. The predicted octanol–water partition coefficient (Wildman–Crippen LogP) is 3.77. The van der Waals surface area contributed by atoms with Crippen molar-refractivity contribution in [2.24, 2.45) is 5.92 Å². The van der Waals surface area contributed by atoms with E-state index in [2.05, 4.69) is 22.4 Å². The maximum Gasteiger partial charge on any atom is 0.223 e. The molecule has 1 aliphatic rings. The summed E-state index contributed by atoms with van der Waals surface area (Å²) in [6, 6.07) is 15.0. The number of aromatic nitrogens is 1. The molecule has 1 heterocycles. The van der Waals surface area contributed by atoms with Crippen LogP contribution in [0.5, 0.6) is 0 Å². The van der Waals surface area contributed by atoms with Crippen LogP contribution in [0.1, 0.15) is 23.2 Å². The van der Waals surface area contributed by atoms with E-state index >= 15 is 0 Å². The van der Waals surface area contributed by atoms with Crippen LogP contribution in [-0.4, -0.2) is 17.4 Å². The molecule has 3 nitrogen and oxygen atoms in total. The van der Waals surface area contributed by atoms with Gasteiger partial charge in [0, 0.05) is 29.1 Å². The third-order valence-electron chi connectivity index (χ3n) is 5.08. The summed E-state index contributed by atoms with van der Waals surface area (Å²) in [5.74, 6) is -0.165. The number of fused-ring (bicyclic) bond motifs is 3. The van der Waals surface area contributed by atoms with Crippen LogP contribution in [-0.2, 0) is 24.1 Å². The summed E-state index contributed by atoms with van der Waals surface area (Å²) < 4.78 is 13.6. The smallest absolute Gasteiger partial charge is 0.223 e. The predicted molar refractivity (Wildman–Crippen MR) is 96.9 cm³/mol. The molecule has 0 spiro atoms. The minimum absolute atomic E-state index is 0.0365. The Morgan fingerprint density at radius 2 is 2.04 bits per heavy atom. The number of rotatable bonds is 4. The second kappa shape index (κ2) is 6.71. The second-order valence-corrected chi connectivity index (χ2v) is 6.74. The van der Waals surface area contributed by atoms with E-state index < -0.39 is 0 Å². The molecular weight excluding hydrogens is 315 g/mol. The van der Waals surface area contributed by atoms with E-state index in [4.69, 9.17) is 0 Å². The molecule has 0 radical (unpaired) electrons. The van der Waals surface area contributed by atoms with Crippen molar-refractivity contribution in [2.75, 3.05) is 6.54 Å². The molecule has 4 rings (SSSR count). The minimum atomic E-state index is -0.233. The number of aryl methyl sites for hydroxylation is 1. The van der Waals surface area contributed by atoms with Gasteiger partial charge in [-0.05, 0) is 55.0 Å². The number of amides is 1. The van der Waals surface area contributed by atoms with Gasteiger partial charge in [-0.15, -0.1) is 0 Å². The number of carbonyl (C=O) groups is 1. The lowest BCUT2D eigenvalue weighted by atomic mass is 9.86. The molecule has 1 aromatic heterocycles. The number of halogens is 1. The zero-order valence-electron chi connectivity index (χ0n) is 14.0. The van der Waals surface area contributed by atoms with Crippen molar-refractivity contribution in [3.8, 4) is 0 Å². The molecule has 1 atom stereocenters. The van der Waals surface area contributed by atoms with Crippen LogP contribution < -0.4 is 5.32 Å². The van der Waals surface area contributed by atoms with Crippen molar-refractivity contribution in [3.05, 3.63) is 71.2 Å². The summed E-state index contributed by atoms with van der Waals surface area (Å²) in [7, 11) is 0. The van der Waals surface area contributed by atoms with Gasteiger partial charge in [0.2, 0.25) is 5.91 Å². The van der Waals surface area contributed by atoms with Gasteiger partial charge in [0.15, 0.2) is 0 Å². The molecule has 128 valence electrons. The van der Waals surface area contributed by atoms with Crippen LogP contribution in [0.2, 0.25) is 0 Å². The molecule has 4 heteroatoms. The van der Waals surface area contributed by atoms with Crippen LogP contribution in [0.25, 0.3) is 10.9 Å². The van der Waals surface area contributed by atoms with Crippen LogP contribution in [0.3, 0.4) is 0 Å². The molecule has 0 saturated heterocycles. The number of benzene rings is 2. The summed E-state index contributed by atoms with van der Waals surface area (Å²) in [5, 5.41) is 3.97. The molecule has 25 heavy (non-hydrogen) atoms. The Kier molecular flexibility index (Phi) is 4.26. The average molecular weight is 336 g/mol. The van der Waals surface area contributed by atoms with Gasteiger partial charge >= 0.3 is 0 Å². The molecule has 2 N–H and O–H groups in total. The maximum absolute atomic E-state index is 13.6. The van der Waals surface area contributed by atoms with Crippen molar-refractivity contribution in [1.82, 2.24) is 10.3 Å². The number of hydrogen-bond acceptors (Lipinski definition) is 1. The lowest BCUT2D eigenvalue weighted by Crippen LogP contribution is -2.35. The van der Waals surface area contributed by atoms with Gasteiger partial charge in [-0.1, -0.05) is 30.3 Å². The Morgan fingerprint density at radius 1 is 1.20 bits per heavy atom. The maximum atomic E-state index is 13.6. The molecule has 2 aromatic carbocycles. The SMILES string of the molecule is O=C(NCCc1ccccc1)C1CCc2[nH]c3ccc(F)cc3c2C1. The highest BCUT2D eigenvalue weighted by Gasteiger charge is 2.27. The van der Waals surface area contributed by atoms with Crippen LogP contribution >= 0.6 is 0 Å². The van der Waals surface area contributed by atoms with Gasteiger partial charge in [0.25, 0.3) is 0 Å². The van der Waals surface area contributed by atoms with Crippen molar-refractivity contribution in [1.29, 1.82) is 0 Å². The lowest BCUT2D eigenvalue weighted by Gasteiger charge is -2.22. The molecule has 1 amide bonds. The standard InChI is InChI=1S/C21H21FN2O/c22-16-7-9-20-18(13-16)17-12-15(6-8-19(17)24-20)21(25)23-11-10-14-4-2-1-3-5-14/h1-5,7,9,13,15,24H,6,8,10-12H2,(H,23,25). The monoisotopic (exact) mass is 336 g/mol. The van der Waals surface area contributed by atoms with Crippen LogP contribution in [0, 0.1) is 11.7 Å². The van der Waals surface area contributed by atoms with Gasteiger partial charge < -0.3 is 10.3 Å². The molecule has 0 saturated carbocycles. The van der Waals surface area contributed by atoms with Crippen LogP contribution in [0.15, 0.2) is 48.5 Å². The largest absolute Gasteiger partial charge is 0.358 e. The Balaban J connectivity index is 1.42. The minimum Gasteiger partial charge on any atom is -0.358 e. The van der Waals surface area contributed by atoms with E-state index in [0.29, 0.717) is 13.0 Å². The summed E-state index contributed by atoms with van der Waals surface area (Å²) in [5.41, 5.74) is 4.43. The second-order valence-electron chi connectivity index (χ2n) is 6.74. The third-order valence-corrected chi connectivity index (χ3v) is 5.08. The number of H-pyrrole nitrogens is 1. The highest BCUT2D eigenvalue weighted by Crippen LogP contribution is 2.32. The first kappa shape index (κ1) is 15.9. The van der Waals surface area contributed by atoms with Gasteiger partial charge in [-0.3, -0.25) is 4.79 Å². The summed E-state index contributed by atoms with van der Waals surface area (Å²) >= 11 is 0.